The minimum Gasteiger partial charge on any atom is -0.507 e. The van der Waals surface area contributed by atoms with E-state index in [4.69, 9.17) is 9.73 Å². The van der Waals surface area contributed by atoms with E-state index >= 15 is 0 Å². The van der Waals surface area contributed by atoms with Gasteiger partial charge < -0.3 is 14.7 Å². The highest BCUT2D eigenvalue weighted by Crippen LogP contribution is 2.40. The third-order valence-corrected chi connectivity index (χ3v) is 7.04. The van der Waals surface area contributed by atoms with Crippen LogP contribution in [0.25, 0.3) is 0 Å². The van der Waals surface area contributed by atoms with Crippen molar-refractivity contribution < 1.29 is 9.84 Å². The van der Waals surface area contributed by atoms with Crippen molar-refractivity contribution in [2.45, 2.75) is 84.4 Å². The van der Waals surface area contributed by atoms with Gasteiger partial charge in [-0.15, -0.1) is 0 Å². The van der Waals surface area contributed by atoms with Crippen molar-refractivity contribution in [1.29, 1.82) is 0 Å². The van der Waals surface area contributed by atoms with Crippen molar-refractivity contribution in [2.75, 3.05) is 19.4 Å². The molecule has 4 nitrogen and oxygen atoms in total. The van der Waals surface area contributed by atoms with Crippen molar-refractivity contribution in [2.24, 2.45) is 4.99 Å². The molecule has 5 heteroatoms. The number of aromatic hydroxyl groups is 1. The zero-order valence-corrected chi connectivity index (χ0v) is 22.8. The Labute approximate surface area is 210 Å². The van der Waals surface area contributed by atoms with E-state index in [0.717, 1.165) is 48.8 Å². The third kappa shape index (κ3) is 7.02. The predicted molar refractivity (Wildman–Crippen MR) is 146 cm³/mol. The largest absolute Gasteiger partial charge is 0.507 e. The van der Waals surface area contributed by atoms with Crippen LogP contribution in [-0.2, 0) is 28.7 Å². The van der Waals surface area contributed by atoms with Gasteiger partial charge in [0, 0.05) is 19.7 Å². The normalized spacial score (nSPS) is 17.3. The lowest BCUT2D eigenvalue weighted by atomic mass is 9.78. The fourth-order valence-corrected chi connectivity index (χ4v) is 5.00. The lowest BCUT2D eigenvalue weighted by Crippen LogP contribution is -2.29. The molecule has 0 radical (unpaired) electrons. The highest BCUT2D eigenvalue weighted by molar-refractivity contribution is 8.13. The number of rotatable bonds is 6. The number of phenolic OH excluding ortho intramolecular Hbond substituents is 1. The Morgan fingerprint density at radius 2 is 1.59 bits per heavy atom. The Balaban J connectivity index is 2.00. The maximum Gasteiger partial charge on any atom is 0.159 e. The molecule has 2 aromatic carbocycles. The van der Waals surface area contributed by atoms with Crippen LogP contribution >= 0.6 is 11.8 Å². The number of phenols is 1. The number of hydrogen-bond acceptors (Lipinski definition) is 4. The van der Waals surface area contributed by atoms with Crippen LogP contribution in [0.1, 0.15) is 76.6 Å². The van der Waals surface area contributed by atoms with Crippen molar-refractivity contribution >= 4 is 16.9 Å². The molecule has 2 aromatic rings. The summed E-state index contributed by atoms with van der Waals surface area (Å²) < 4.78 is 5.82. The molecule has 1 saturated heterocycles. The summed E-state index contributed by atoms with van der Waals surface area (Å²) >= 11 is 1.69. The van der Waals surface area contributed by atoms with E-state index in [2.05, 4.69) is 95.2 Å². The lowest BCUT2D eigenvalue weighted by Gasteiger charge is -2.30. The van der Waals surface area contributed by atoms with E-state index in [-0.39, 0.29) is 16.9 Å². The number of hydrogen-bond donors (Lipinski definition) is 1. The van der Waals surface area contributed by atoms with Crippen LogP contribution in [0, 0.1) is 0 Å². The molecule has 34 heavy (non-hydrogen) atoms. The van der Waals surface area contributed by atoms with Crippen molar-refractivity contribution in [3.8, 4) is 5.75 Å². The highest BCUT2D eigenvalue weighted by Gasteiger charge is 2.27. The van der Waals surface area contributed by atoms with Gasteiger partial charge in [0.2, 0.25) is 0 Å². The molecule has 1 heterocycles. The number of benzene rings is 2. The molecule has 1 atom stereocenters. The number of aliphatic imine (C=N–C) groups is 1. The summed E-state index contributed by atoms with van der Waals surface area (Å²) in [5, 5.41) is 12.2. The van der Waals surface area contributed by atoms with E-state index < -0.39 is 0 Å². The second kappa shape index (κ2) is 11.2. The molecule has 3 rings (SSSR count). The Hall–Kier alpha value is -1.98. The molecule has 1 N–H and O–H groups in total. The Kier molecular flexibility index (Phi) is 8.75. The summed E-state index contributed by atoms with van der Waals surface area (Å²) in [5.41, 5.74) is 4.14. The third-order valence-electron chi connectivity index (χ3n) is 6.28. The summed E-state index contributed by atoms with van der Waals surface area (Å²) in [6.45, 7) is 16.0. The average Bonchev–Trinajstić information content (AvgIpc) is 3.28. The second-order valence-electron chi connectivity index (χ2n) is 11.3. The van der Waals surface area contributed by atoms with Crippen molar-refractivity contribution in [3.63, 3.8) is 0 Å². The molecular weight excluding hydrogens is 440 g/mol. The standard InChI is InChI=1S/C29H42N2O2S/c1-28(2,3)24-16-22(17-25(26(24)32)29(4,5)6)20-31(19-21-12-9-8-10-13-21)27(34-7)30-18-23-14-11-15-33-23/h8-10,12-13,16-17,23,32H,11,14-15,18-20H2,1-7H3. The van der Waals surface area contributed by atoms with Gasteiger partial charge in [0.15, 0.2) is 5.17 Å². The molecular formula is C29H42N2O2S. The van der Waals surface area contributed by atoms with Gasteiger partial charge in [0.1, 0.15) is 5.75 Å². The minimum absolute atomic E-state index is 0.152. The van der Waals surface area contributed by atoms with Crippen molar-refractivity contribution in [1.82, 2.24) is 4.90 Å². The lowest BCUT2D eigenvalue weighted by molar-refractivity contribution is 0.117. The molecule has 0 saturated carbocycles. The van der Waals surface area contributed by atoms with Crippen LogP contribution in [0.3, 0.4) is 0 Å². The number of thioether (sulfide) groups is 1. The Morgan fingerprint density at radius 1 is 1.00 bits per heavy atom. The van der Waals surface area contributed by atoms with Gasteiger partial charge in [-0.3, -0.25) is 4.99 Å². The molecule has 1 aliphatic rings. The zero-order chi connectivity index (χ0) is 24.9. The zero-order valence-electron chi connectivity index (χ0n) is 22.0. The van der Waals surface area contributed by atoms with Gasteiger partial charge in [0.25, 0.3) is 0 Å². The van der Waals surface area contributed by atoms with Crippen LogP contribution in [0.5, 0.6) is 5.75 Å². The van der Waals surface area contributed by atoms with Crippen LogP contribution in [0.4, 0.5) is 0 Å². The molecule has 0 aromatic heterocycles. The first-order valence-electron chi connectivity index (χ1n) is 12.3. The van der Waals surface area contributed by atoms with Crippen LogP contribution in [0.2, 0.25) is 0 Å². The topological polar surface area (TPSA) is 45.1 Å². The monoisotopic (exact) mass is 482 g/mol. The average molecular weight is 483 g/mol. The van der Waals surface area contributed by atoms with Gasteiger partial charge in [-0.2, -0.15) is 0 Å². The van der Waals surface area contributed by atoms with Gasteiger partial charge in [-0.1, -0.05) is 83.6 Å². The van der Waals surface area contributed by atoms with E-state index in [0.29, 0.717) is 12.3 Å². The fourth-order valence-electron chi connectivity index (χ4n) is 4.41. The van der Waals surface area contributed by atoms with Crippen LogP contribution in [-0.4, -0.2) is 40.7 Å². The summed E-state index contributed by atoms with van der Waals surface area (Å²) in [4.78, 5) is 7.37. The molecule has 186 valence electrons. The predicted octanol–water partition coefficient (Wildman–Crippen LogP) is 6.89. The minimum atomic E-state index is -0.152. The molecule has 1 unspecified atom stereocenters. The van der Waals surface area contributed by atoms with Gasteiger partial charge >= 0.3 is 0 Å². The van der Waals surface area contributed by atoms with Gasteiger partial charge in [-0.05, 0) is 64.3 Å². The first kappa shape index (κ1) is 26.6. The first-order valence-corrected chi connectivity index (χ1v) is 13.6. The highest BCUT2D eigenvalue weighted by atomic mass is 32.2. The van der Waals surface area contributed by atoms with E-state index in [1.165, 1.54) is 11.1 Å². The smallest absolute Gasteiger partial charge is 0.159 e. The number of ether oxygens (including phenoxy) is 1. The van der Waals surface area contributed by atoms with Crippen LogP contribution < -0.4 is 0 Å². The van der Waals surface area contributed by atoms with E-state index in [1.54, 1.807) is 11.8 Å². The summed E-state index contributed by atoms with van der Waals surface area (Å²) in [6, 6.07) is 14.9. The maximum atomic E-state index is 11.2. The summed E-state index contributed by atoms with van der Waals surface area (Å²) in [7, 11) is 0. The number of nitrogens with zero attached hydrogens (tertiary/aromatic N) is 2. The fraction of sp³-hybridized carbons (Fsp3) is 0.552. The SMILES string of the molecule is CSC(=NCC1CCCO1)N(Cc1ccccc1)Cc1cc(C(C)(C)C)c(O)c(C(C)(C)C)c1. The Bertz CT molecular complexity index is 933. The first-order chi connectivity index (χ1) is 16.0. The molecule has 0 spiro atoms. The van der Waals surface area contributed by atoms with Crippen LogP contribution in [0.15, 0.2) is 47.5 Å². The Morgan fingerprint density at radius 3 is 2.09 bits per heavy atom. The van der Waals surface area contributed by atoms with Crippen molar-refractivity contribution in [3.05, 3.63) is 64.7 Å². The second-order valence-corrected chi connectivity index (χ2v) is 12.1. The number of amidine groups is 1. The van der Waals surface area contributed by atoms with Gasteiger partial charge in [0.05, 0.1) is 12.6 Å². The molecule has 0 bridgehead atoms. The molecule has 0 amide bonds. The summed E-state index contributed by atoms with van der Waals surface area (Å²) in [5.74, 6) is 0.426. The van der Waals surface area contributed by atoms with E-state index in [1.807, 2.05) is 0 Å². The maximum absolute atomic E-state index is 11.2. The molecule has 1 fully saturated rings. The summed E-state index contributed by atoms with van der Waals surface area (Å²) in [6.07, 6.45) is 4.55. The quantitative estimate of drug-likeness (QED) is 0.360. The van der Waals surface area contributed by atoms with Gasteiger partial charge in [-0.25, -0.2) is 0 Å². The van der Waals surface area contributed by atoms with E-state index in [9.17, 15) is 5.11 Å². The molecule has 1 aliphatic heterocycles. The molecule has 0 aliphatic carbocycles.